The second-order valence-electron chi connectivity index (χ2n) is 7.45. The van der Waals surface area contributed by atoms with Gasteiger partial charge in [0.2, 0.25) is 15.7 Å². The first-order valence-electron chi connectivity index (χ1n) is 10.2. The third kappa shape index (κ3) is 4.40. The van der Waals surface area contributed by atoms with Crippen LogP contribution in [0.4, 0.5) is 0 Å². The van der Waals surface area contributed by atoms with Crippen LogP contribution < -0.4 is 15.0 Å². The molecule has 0 aliphatic heterocycles. The van der Waals surface area contributed by atoms with Crippen molar-refractivity contribution in [2.45, 2.75) is 16.7 Å². The van der Waals surface area contributed by atoms with E-state index in [9.17, 15) is 18.3 Å². The van der Waals surface area contributed by atoms with Gasteiger partial charge in [-0.25, -0.2) is 8.42 Å². The molecule has 180 valence electrons. The first kappa shape index (κ1) is 24.4. The zero-order chi connectivity index (χ0) is 25.3. The fourth-order valence-corrected chi connectivity index (χ4v) is 5.19. The molecule has 0 aliphatic carbocycles. The summed E-state index contributed by atoms with van der Waals surface area (Å²) in [4.78, 5) is 21.2. The zero-order valence-electron chi connectivity index (χ0n) is 18.9. The molecule has 0 atom stereocenters. The van der Waals surface area contributed by atoms with Crippen molar-refractivity contribution < 1.29 is 23.0 Å². The lowest BCUT2D eigenvalue weighted by Crippen LogP contribution is -2.28. The molecule has 9 nitrogen and oxygen atoms in total. The maximum Gasteiger partial charge on any atom is 0.281 e. The lowest BCUT2D eigenvalue weighted by atomic mass is 10.2. The summed E-state index contributed by atoms with van der Waals surface area (Å²) in [5.74, 6) is -0.513. The van der Waals surface area contributed by atoms with Crippen LogP contribution in [0.15, 0.2) is 80.0 Å². The minimum atomic E-state index is -4.46. The van der Waals surface area contributed by atoms with Crippen LogP contribution in [0, 0.1) is 6.92 Å². The van der Waals surface area contributed by atoms with Gasteiger partial charge in [0.1, 0.15) is 17.2 Å². The summed E-state index contributed by atoms with van der Waals surface area (Å²) < 4.78 is 39.6. The predicted octanol–water partition coefficient (Wildman–Crippen LogP) is 3.92. The molecule has 1 N–H and O–H groups in total. The number of methoxy groups -OCH3 is 2. The molecule has 0 radical (unpaired) electrons. The Balaban J connectivity index is 2.16. The van der Waals surface area contributed by atoms with Crippen LogP contribution in [0.3, 0.4) is 0 Å². The minimum Gasteiger partial charge on any atom is -0.494 e. The van der Waals surface area contributed by atoms with Crippen LogP contribution in [0.1, 0.15) is 5.56 Å². The molecule has 2 aromatic carbocycles. The Morgan fingerprint density at radius 3 is 2.20 bits per heavy atom. The lowest BCUT2D eigenvalue weighted by molar-refractivity contribution is 0.388. The van der Waals surface area contributed by atoms with Crippen LogP contribution in [-0.2, 0) is 9.84 Å². The molecule has 2 heterocycles. The van der Waals surface area contributed by atoms with Gasteiger partial charge in [-0.15, -0.1) is 0 Å². The van der Waals surface area contributed by atoms with Crippen LogP contribution >= 0.6 is 15.9 Å². The number of para-hydroxylation sites is 1. The first-order valence-corrected chi connectivity index (χ1v) is 12.5. The lowest BCUT2D eigenvalue weighted by Gasteiger charge is -2.19. The molecule has 0 fully saturated rings. The number of halogens is 1. The molecule has 0 bridgehead atoms. The molecule has 4 aromatic rings. The van der Waals surface area contributed by atoms with Crippen molar-refractivity contribution in [2.75, 3.05) is 14.2 Å². The molecule has 0 amide bonds. The number of aromatic nitrogens is 3. The highest BCUT2D eigenvalue weighted by atomic mass is 79.9. The van der Waals surface area contributed by atoms with Crippen LogP contribution in [0.5, 0.6) is 17.4 Å². The highest BCUT2D eigenvalue weighted by Gasteiger charge is 2.32. The van der Waals surface area contributed by atoms with E-state index < -0.39 is 26.2 Å². The van der Waals surface area contributed by atoms with Crippen LogP contribution in [-0.4, -0.2) is 42.3 Å². The standard InChI is InChI=1S/C24H20BrN3O6S/c1-14-11-15(13-26-12-14)22-27-23(29)21(35(31,32)17-9-7-16(25)8-10-17)24(30)28(22)20-18(33-2)5-4-6-19(20)34-3/h4-13,29H,1-3H3. The molecule has 0 aliphatic rings. The number of aromatic hydroxyl groups is 1. The molecular weight excluding hydrogens is 538 g/mol. The quantitative estimate of drug-likeness (QED) is 0.378. The van der Waals surface area contributed by atoms with Crippen LogP contribution in [0.2, 0.25) is 0 Å². The minimum absolute atomic E-state index is 0.0405. The van der Waals surface area contributed by atoms with Crippen molar-refractivity contribution in [3.63, 3.8) is 0 Å². The molecule has 0 saturated carbocycles. The Morgan fingerprint density at radius 1 is 1.00 bits per heavy atom. The number of ether oxygens (including phenoxy) is 2. The molecule has 0 unspecified atom stereocenters. The Hall–Kier alpha value is -3.70. The highest BCUT2D eigenvalue weighted by Crippen LogP contribution is 2.36. The smallest absolute Gasteiger partial charge is 0.281 e. The highest BCUT2D eigenvalue weighted by molar-refractivity contribution is 9.10. The summed E-state index contributed by atoms with van der Waals surface area (Å²) in [7, 11) is -1.64. The van der Waals surface area contributed by atoms with Crippen molar-refractivity contribution >= 4 is 25.8 Å². The number of benzene rings is 2. The van der Waals surface area contributed by atoms with Gasteiger partial charge in [-0.1, -0.05) is 22.0 Å². The second-order valence-corrected chi connectivity index (χ2v) is 10.3. The second kappa shape index (κ2) is 9.51. The van der Waals surface area contributed by atoms with Gasteiger partial charge in [0.15, 0.2) is 10.7 Å². The monoisotopic (exact) mass is 557 g/mol. The number of hydrogen-bond acceptors (Lipinski definition) is 8. The van der Waals surface area contributed by atoms with Crippen molar-refractivity contribution in [3.05, 3.63) is 81.3 Å². The molecular formula is C24H20BrN3O6S. The average molecular weight is 558 g/mol. The maximum atomic E-state index is 13.9. The predicted molar refractivity (Wildman–Crippen MR) is 132 cm³/mol. The largest absolute Gasteiger partial charge is 0.494 e. The number of hydrogen-bond donors (Lipinski definition) is 1. The molecule has 0 spiro atoms. The zero-order valence-corrected chi connectivity index (χ0v) is 21.3. The van der Waals surface area contributed by atoms with Crippen molar-refractivity contribution in [3.8, 4) is 34.5 Å². The fraction of sp³-hybridized carbons (Fsp3) is 0.125. The molecule has 35 heavy (non-hydrogen) atoms. The number of pyridine rings is 1. The van der Waals surface area contributed by atoms with Crippen molar-refractivity contribution in [1.29, 1.82) is 0 Å². The van der Waals surface area contributed by atoms with Gasteiger partial charge in [-0.05, 0) is 55.0 Å². The number of aryl methyl sites for hydroxylation is 1. The number of sulfone groups is 1. The Kier molecular flexibility index (Phi) is 6.64. The van der Waals surface area contributed by atoms with Gasteiger partial charge in [-0.2, -0.15) is 4.98 Å². The molecule has 11 heteroatoms. The van der Waals surface area contributed by atoms with Crippen molar-refractivity contribution in [2.24, 2.45) is 0 Å². The van der Waals surface area contributed by atoms with Gasteiger partial charge < -0.3 is 14.6 Å². The summed E-state index contributed by atoms with van der Waals surface area (Å²) >= 11 is 3.26. The van der Waals surface area contributed by atoms with E-state index in [-0.39, 0.29) is 27.9 Å². The molecule has 0 saturated heterocycles. The third-order valence-electron chi connectivity index (χ3n) is 5.18. The van der Waals surface area contributed by atoms with Gasteiger partial charge in [0, 0.05) is 22.4 Å². The topological polar surface area (TPSA) is 121 Å². The van der Waals surface area contributed by atoms with Gasteiger partial charge in [-0.3, -0.25) is 14.3 Å². The van der Waals surface area contributed by atoms with E-state index in [4.69, 9.17) is 9.47 Å². The molecule has 2 aromatic heterocycles. The molecule has 4 rings (SSSR count). The average Bonchev–Trinajstić information content (AvgIpc) is 2.83. The van der Waals surface area contributed by atoms with E-state index in [0.29, 0.717) is 10.0 Å². The Bertz CT molecular complexity index is 1560. The normalized spacial score (nSPS) is 11.3. The summed E-state index contributed by atoms with van der Waals surface area (Å²) in [6.45, 7) is 1.80. The SMILES string of the molecule is COc1cccc(OC)c1-n1c(-c2cncc(C)c2)nc(O)c(S(=O)(=O)c2ccc(Br)cc2)c1=O. The third-order valence-corrected chi connectivity index (χ3v) is 7.49. The fourth-order valence-electron chi connectivity index (χ4n) is 3.59. The van der Waals surface area contributed by atoms with E-state index in [1.54, 1.807) is 37.4 Å². The first-order chi connectivity index (χ1) is 16.7. The van der Waals surface area contributed by atoms with E-state index >= 15 is 0 Å². The Labute approximate surface area is 209 Å². The summed E-state index contributed by atoms with van der Waals surface area (Å²) in [6, 6.07) is 12.2. The summed E-state index contributed by atoms with van der Waals surface area (Å²) in [5, 5.41) is 10.8. The van der Waals surface area contributed by atoms with E-state index in [2.05, 4.69) is 25.9 Å². The van der Waals surface area contributed by atoms with Crippen molar-refractivity contribution in [1.82, 2.24) is 14.5 Å². The van der Waals surface area contributed by atoms with Crippen LogP contribution in [0.25, 0.3) is 17.1 Å². The van der Waals surface area contributed by atoms with E-state index in [0.717, 1.165) is 10.1 Å². The van der Waals surface area contributed by atoms with Gasteiger partial charge in [0.25, 0.3) is 5.56 Å². The maximum absolute atomic E-state index is 13.9. The van der Waals surface area contributed by atoms with E-state index in [1.807, 2.05) is 0 Å². The number of nitrogens with zero attached hydrogens (tertiary/aromatic N) is 3. The van der Waals surface area contributed by atoms with E-state index in [1.165, 1.54) is 44.7 Å². The number of rotatable bonds is 6. The van der Waals surface area contributed by atoms with Gasteiger partial charge in [0.05, 0.1) is 19.1 Å². The summed E-state index contributed by atoms with van der Waals surface area (Å²) in [6.07, 6.45) is 3.07. The Morgan fingerprint density at radius 2 is 1.63 bits per heavy atom. The summed E-state index contributed by atoms with van der Waals surface area (Å²) in [5.41, 5.74) is 0.234. The van der Waals surface area contributed by atoms with Gasteiger partial charge >= 0.3 is 0 Å².